The molecule has 0 aliphatic heterocycles. The van der Waals surface area contributed by atoms with Gasteiger partial charge in [-0.2, -0.15) is 0 Å². The summed E-state index contributed by atoms with van der Waals surface area (Å²) in [5.74, 6) is 5.02. The number of nitrogens with two attached hydrogens (primary N) is 2. The summed E-state index contributed by atoms with van der Waals surface area (Å²) in [7, 11) is 1.55. The monoisotopic (exact) mass is 88.1 g/mol. The van der Waals surface area contributed by atoms with Gasteiger partial charge in [-0.3, -0.25) is 10.4 Å². The predicted octanol–water partition coefficient (Wildman–Crippen LogP) is -1.61. The minimum absolute atomic E-state index is 0.245. The Balaban J connectivity index is 3.22. The fourth-order valence-electron chi connectivity index (χ4n) is 0.0645. The van der Waals surface area contributed by atoms with Crippen LogP contribution in [0.15, 0.2) is 4.99 Å². The SMILES string of the molecule is C/N=C(\N)NN. The number of hydrogen-bond donors (Lipinski definition) is 3. The van der Waals surface area contributed by atoms with Crippen molar-refractivity contribution in [2.75, 3.05) is 7.05 Å². The second-order valence-corrected chi connectivity index (χ2v) is 0.753. The van der Waals surface area contributed by atoms with E-state index in [0.717, 1.165) is 0 Å². The molecule has 0 aromatic carbocycles. The summed E-state index contributed by atoms with van der Waals surface area (Å²) in [6, 6.07) is 0. The number of aliphatic imine (C=N–C) groups is 1. The normalized spacial score (nSPS) is 11.3. The van der Waals surface area contributed by atoms with Gasteiger partial charge in [-0.1, -0.05) is 0 Å². The number of nitrogens with one attached hydrogen (secondary N) is 1. The van der Waals surface area contributed by atoms with Crippen LogP contribution >= 0.6 is 0 Å². The molecule has 0 saturated carbocycles. The first-order valence-corrected chi connectivity index (χ1v) is 1.50. The first kappa shape index (κ1) is 5.23. The number of nitrogens with zero attached hydrogens (tertiary/aromatic N) is 1. The number of rotatable bonds is 0. The molecule has 6 heavy (non-hydrogen) atoms. The van der Waals surface area contributed by atoms with E-state index in [4.69, 9.17) is 11.6 Å². The molecular formula is C2H8N4. The van der Waals surface area contributed by atoms with Crippen molar-refractivity contribution in [2.24, 2.45) is 16.6 Å². The van der Waals surface area contributed by atoms with Gasteiger partial charge in [0.1, 0.15) is 0 Å². The number of guanidine groups is 1. The summed E-state index contributed by atoms with van der Waals surface area (Å²) in [5, 5.41) is 0. The van der Waals surface area contributed by atoms with Gasteiger partial charge in [0.15, 0.2) is 0 Å². The Morgan fingerprint density at radius 1 is 1.83 bits per heavy atom. The molecular weight excluding hydrogens is 80.0 g/mol. The van der Waals surface area contributed by atoms with Crippen LogP contribution in [0.1, 0.15) is 0 Å². The molecule has 0 atom stereocenters. The highest BCUT2D eigenvalue weighted by Crippen LogP contribution is 1.45. The Labute approximate surface area is 36.2 Å². The lowest BCUT2D eigenvalue weighted by Crippen LogP contribution is -2.36. The molecule has 0 bridgehead atoms. The Morgan fingerprint density at radius 2 is 2.33 bits per heavy atom. The molecule has 4 nitrogen and oxygen atoms in total. The summed E-state index contributed by atoms with van der Waals surface area (Å²) in [4.78, 5) is 3.47. The van der Waals surface area contributed by atoms with Crippen molar-refractivity contribution >= 4 is 5.96 Å². The van der Waals surface area contributed by atoms with Gasteiger partial charge in [-0.25, -0.2) is 5.84 Å². The van der Waals surface area contributed by atoms with Crippen molar-refractivity contribution in [1.29, 1.82) is 0 Å². The standard InChI is InChI=1S/C2H8N4/c1-5-2(3)6-4/h4H2,1H3,(H3,3,5,6). The van der Waals surface area contributed by atoms with E-state index in [0.29, 0.717) is 0 Å². The zero-order chi connectivity index (χ0) is 4.99. The highest BCUT2D eigenvalue weighted by molar-refractivity contribution is 5.76. The van der Waals surface area contributed by atoms with Gasteiger partial charge >= 0.3 is 0 Å². The maximum absolute atomic E-state index is 4.99. The largest absolute Gasteiger partial charge is 0.369 e. The molecule has 4 heteroatoms. The molecule has 0 heterocycles. The van der Waals surface area contributed by atoms with E-state index >= 15 is 0 Å². The third-order valence-electron chi connectivity index (χ3n) is 0.389. The third kappa shape index (κ3) is 1.54. The zero-order valence-corrected chi connectivity index (χ0v) is 3.60. The summed E-state index contributed by atoms with van der Waals surface area (Å²) in [6.45, 7) is 0. The van der Waals surface area contributed by atoms with Gasteiger partial charge in [0, 0.05) is 7.05 Å². The highest BCUT2D eigenvalue weighted by atomic mass is 15.3. The lowest BCUT2D eigenvalue weighted by molar-refractivity contribution is 1.00. The van der Waals surface area contributed by atoms with Crippen molar-refractivity contribution in [1.82, 2.24) is 5.43 Å². The molecule has 0 aliphatic carbocycles. The molecule has 5 N–H and O–H groups in total. The number of hydrazine groups is 1. The van der Waals surface area contributed by atoms with Gasteiger partial charge in [0.25, 0.3) is 0 Å². The lowest BCUT2D eigenvalue weighted by Gasteiger charge is -1.90. The van der Waals surface area contributed by atoms with Crippen LogP contribution in [0.5, 0.6) is 0 Å². The predicted molar refractivity (Wildman–Crippen MR) is 24.9 cm³/mol. The van der Waals surface area contributed by atoms with E-state index < -0.39 is 0 Å². The van der Waals surface area contributed by atoms with Crippen molar-refractivity contribution in [3.8, 4) is 0 Å². The first-order valence-electron chi connectivity index (χ1n) is 1.50. The topological polar surface area (TPSA) is 76.4 Å². The summed E-state index contributed by atoms with van der Waals surface area (Å²) < 4.78 is 0. The maximum atomic E-state index is 4.99. The fraction of sp³-hybridized carbons (Fsp3) is 0.500. The molecule has 0 aliphatic rings. The van der Waals surface area contributed by atoms with Crippen molar-refractivity contribution in [3.63, 3.8) is 0 Å². The maximum Gasteiger partial charge on any atom is 0.202 e. The second kappa shape index (κ2) is 2.47. The average molecular weight is 88.1 g/mol. The molecule has 0 aromatic heterocycles. The van der Waals surface area contributed by atoms with Crippen molar-refractivity contribution in [2.45, 2.75) is 0 Å². The minimum atomic E-state index is 0.245. The van der Waals surface area contributed by atoms with Gasteiger partial charge in [-0.15, -0.1) is 0 Å². The van der Waals surface area contributed by atoms with Gasteiger partial charge in [0.05, 0.1) is 0 Å². The van der Waals surface area contributed by atoms with Crippen LogP contribution < -0.4 is 17.0 Å². The van der Waals surface area contributed by atoms with Gasteiger partial charge in [0.2, 0.25) is 5.96 Å². The van der Waals surface area contributed by atoms with Crippen LogP contribution in [0.25, 0.3) is 0 Å². The molecule has 0 radical (unpaired) electrons. The quantitative estimate of drug-likeness (QED) is 0.144. The molecule has 0 rings (SSSR count). The molecule has 0 fully saturated rings. The lowest BCUT2D eigenvalue weighted by atomic mass is 11.0. The summed E-state index contributed by atoms with van der Waals surface area (Å²) in [6.07, 6.45) is 0. The van der Waals surface area contributed by atoms with Crippen LogP contribution in [0, 0.1) is 0 Å². The molecule has 0 saturated heterocycles. The Kier molecular flexibility index (Phi) is 2.15. The number of hydrogen-bond acceptors (Lipinski definition) is 2. The van der Waals surface area contributed by atoms with Crippen molar-refractivity contribution < 1.29 is 0 Å². The van der Waals surface area contributed by atoms with Crippen LogP contribution in [0.2, 0.25) is 0 Å². The Hall–Kier alpha value is -0.770. The minimum Gasteiger partial charge on any atom is -0.369 e. The van der Waals surface area contributed by atoms with Gasteiger partial charge < -0.3 is 5.73 Å². The van der Waals surface area contributed by atoms with E-state index in [-0.39, 0.29) is 5.96 Å². The molecule has 0 aromatic rings. The van der Waals surface area contributed by atoms with E-state index in [9.17, 15) is 0 Å². The third-order valence-corrected chi connectivity index (χ3v) is 0.389. The van der Waals surface area contributed by atoms with Gasteiger partial charge in [-0.05, 0) is 0 Å². The van der Waals surface area contributed by atoms with Crippen LogP contribution in [0.4, 0.5) is 0 Å². The molecule has 0 spiro atoms. The second-order valence-electron chi connectivity index (χ2n) is 0.753. The smallest absolute Gasteiger partial charge is 0.202 e. The van der Waals surface area contributed by atoms with E-state index in [1.165, 1.54) is 0 Å². The van der Waals surface area contributed by atoms with Crippen LogP contribution in [0.3, 0.4) is 0 Å². The van der Waals surface area contributed by atoms with E-state index in [2.05, 4.69) is 10.4 Å². The molecule has 36 valence electrons. The fourth-order valence-corrected chi connectivity index (χ4v) is 0.0645. The van der Waals surface area contributed by atoms with Crippen molar-refractivity contribution in [3.05, 3.63) is 0 Å². The van der Waals surface area contributed by atoms with Crippen LogP contribution in [-0.2, 0) is 0 Å². The summed E-state index contributed by atoms with van der Waals surface area (Å²) >= 11 is 0. The van der Waals surface area contributed by atoms with E-state index in [1.54, 1.807) is 7.05 Å². The van der Waals surface area contributed by atoms with Crippen LogP contribution in [-0.4, -0.2) is 13.0 Å². The highest BCUT2D eigenvalue weighted by Gasteiger charge is 1.72. The Morgan fingerprint density at radius 3 is 2.33 bits per heavy atom. The average Bonchev–Trinajstić information content (AvgIpc) is 1.65. The first-order chi connectivity index (χ1) is 2.81. The molecule has 0 unspecified atom stereocenters. The zero-order valence-electron chi connectivity index (χ0n) is 3.60. The summed E-state index contributed by atoms with van der Waals surface area (Å²) in [5.41, 5.74) is 7.13. The Bertz CT molecular complexity index is 56.6. The molecule has 0 amide bonds. The van der Waals surface area contributed by atoms with E-state index in [1.807, 2.05) is 0 Å².